The third-order valence-corrected chi connectivity index (χ3v) is 4.56. The Hall–Kier alpha value is -1.44. The summed E-state index contributed by atoms with van der Waals surface area (Å²) in [6.07, 6.45) is 3.72. The van der Waals surface area contributed by atoms with E-state index in [4.69, 9.17) is 10.6 Å². The van der Waals surface area contributed by atoms with Crippen molar-refractivity contribution >= 4 is 27.5 Å². The quantitative estimate of drug-likeness (QED) is 0.662. The van der Waals surface area contributed by atoms with Crippen LogP contribution in [0, 0.1) is 0 Å². The van der Waals surface area contributed by atoms with Gasteiger partial charge in [-0.15, -0.1) is 11.3 Å². The van der Waals surface area contributed by atoms with E-state index in [0.717, 1.165) is 16.8 Å². The molecule has 1 fully saturated rings. The maximum Gasteiger partial charge on any atom is 0.241 e. The van der Waals surface area contributed by atoms with Crippen molar-refractivity contribution in [3.63, 3.8) is 0 Å². The maximum absolute atomic E-state index is 5.95. The molecule has 1 aliphatic rings. The summed E-state index contributed by atoms with van der Waals surface area (Å²) in [6.45, 7) is 1.80. The van der Waals surface area contributed by atoms with Gasteiger partial charge in [0, 0.05) is 6.04 Å². The van der Waals surface area contributed by atoms with Gasteiger partial charge in [0.1, 0.15) is 11.4 Å². The second kappa shape index (κ2) is 5.90. The van der Waals surface area contributed by atoms with Crippen LogP contribution in [0.15, 0.2) is 11.4 Å². The number of likely N-dealkylation sites (N-methyl/N-ethyl adjacent to an activating group) is 1. The lowest BCUT2D eigenvalue weighted by Crippen LogP contribution is -2.40. The van der Waals surface area contributed by atoms with Crippen LogP contribution in [-0.4, -0.2) is 41.1 Å². The SMILES string of the molecule is CN1CCCCC1COc1nc(NN)nc2sccc12. The first kappa shape index (κ1) is 13.5. The summed E-state index contributed by atoms with van der Waals surface area (Å²) in [6, 6.07) is 2.45. The van der Waals surface area contributed by atoms with Gasteiger partial charge in [-0.2, -0.15) is 4.98 Å². The third-order valence-electron chi connectivity index (χ3n) is 3.75. The molecule has 3 rings (SSSR count). The Morgan fingerprint density at radius 3 is 3.20 bits per heavy atom. The van der Waals surface area contributed by atoms with Crippen molar-refractivity contribution in [3.8, 4) is 5.88 Å². The Kier molecular flexibility index (Phi) is 4.00. The van der Waals surface area contributed by atoms with E-state index in [-0.39, 0.29) is 0 Å². The number of nitrogens with one attached hydrogen (secondary N) is 1. The summed E-state index contributed by atoms with van der Waals surface area (Å²) < 4.78 is 5.95. The summed E-state index contributed by atoms with van der Waals surface area (Å²) in [7, 11) is 2.15. The minimum Gasteiger partial charge on any atom is -0.475 e. The highest BCUT2D eigenvalue weighted by atomic mass is 32.1. The molecule has 0 aromatic carbocycles. The average Bonchev–Trinajstić information content (AvgIpc) is 2.94. The number of fused-ring (bicyclic) bond motifs is 1. The highest BCUT2D eigenvalue weighted by Gasteiger charge is 2.20. The molecule has 0 aliphatic carbocycles. The first-order chi connectivity index (χ1) is 9.78. The molecule has 1 atom stereocenters. The van der Waals surface area contributed by atoms with E-state index in [9.17, 15) is 0 Å². The minimum atomic E-state index is 0.395. The van der Waals surface area contributed by atoms with Crippen LogP contribution in [0.1, 0.15) is 19.3 Å². The predicted octanol–water partition coefficient (Wildman–Crippen LogP) is 1.84. The van der Waals surface area contributed by atoms with Gasteiger partial charge < -0.3 is 9.64 Å². The van der Waals surface area contributed by atoms with Crippen LogP contribution in [-0.2, 0) is 0 Å². The van der Waals surface area contributed by atoms with Gasteiger partial charge in [0.2, 0.25) is 11.8 Å². The number of thiophene rings is 1. The fraction of sp³-hybridized carbons (Fsp3) is 0.538. The topological polar surface area (TPSA) is 76.3 Å². The zero-order valence-corrected chi connectivity index (χ0v) is 12.3. The van der Waals surface area contributed by atoms with Crippen molar-refractivity contribution in [1.82, 2.24) is 14.9 Å². The molecule has 1 unspecified atom stereocenters. The lowest BCUT2D eigenvalue weighted by Gasteiger charge is -2.32. The van der Waals surface area contributed by atoms with Gasteiger partial charge in [0.25, 0.3) is 0 Å². The van der Waals surface area contributed by atoms with Gasteiger partial charge in [-0.25, -0.2) is 10.8 Å². The smallest absolute Gasteiger partial charge is 0.241 e. The molecule has 20 heavy (non-hydrogen) atoms. The number of hydrogen-bond acceptors (Lipinski definition) is 7. The molecular weight excluding hydrogens is 274 g/mol. The van der Waals surface area contributed by atoms with E-state index in [0.29, 0.717) is 24.5 Å². The van der Waals surface area contributed by atoms with Crippen molar-refractivity contribution in [2.75, 3.05) is 25.6 Å². The normalized spacial score (nSPS) is 20.2. The van der Waals surface area contributed by atoms with Crippen LogP contribution >= 0.6 is 11.3 Å². The summed E-state index contributed by atoms with van der Waals surface area (Å²) in [5.41, 5.74) is 2.49. The van der Waals surface area contributed by atoms with Crippen molar-refractivity contribution in [2.24, 2.45) is 5.84 Å². The number of anilines is 1. The van der Waals surface area contributed by atoms with Crippen molar-refractivity contribution in [2.45, 2.75) is 25.3 Å². The Balaban J connectivity index is 1.77. The molecule has 1 aliphatic heterocycles. The van der Waals surface area contributed by atoms with Gasteiger partial charge in [-0.05, 0) is 37.9 Å². The van der Waals surface area contributed by atoms with E-state index < -0.39 is 0 Å². The standard InChI is InChI=1S/C13H19N5OS/c1-18-6-3-2-4-9(18)8-19-11-10-5-7-20-12(10)16-13(15-11)17-14/h5,7,9H,2-4,6,8,14H2,1H3,(H,15,16,17). The number of nitrogens with zero attached hydrogens (tertiary/aromatic N) is 3. The van der Waals surface area contributed by atoms with Gasteiger partial charge in [-0.3, -0.25) is 5.43 Å². The molecule has 0 spiro atoms. The highest BCUT2D eigenvalue weighted by molar-refractivity contribution is 7.16. The second-order valence-corrected chi connectivity index (χ2v) is 5.97. The van der Waals surface area contributed by atoms with Gasteiger partial charge in [-0.1, -0.05) is 6.42 Å². The lowest BCUT2D eigenvalue weighted by atomic mass is 10.0. The summed E-state index contributed by atoms with van der Waals surface area (Å²) in [5.74, 6) is 6.41. The summed E-state index contributed by atoms with van der Waals surface area (Å²) in [4.78, 5) is 11.9. The maximum atomic E-state index is 5.95. The van der Waals surface area contributed by atoms with Crippen LogP contribution in [0.3, 0.4) is 0 Å². The molecular formula is C13H19N5OS. The first-order valence-corrected chi connectivity index (χ1v) is 7.71. The molecule has 6 nitrogen and oxygen atoms in total. The summed E-state index contributed by atoms with van der Waals surface area (Å²) in [5, 5.41) is 2.94. The molecule has 2 aromatic rings. The van der Waals surface area contributed by atoms with Crippen molar-refractivity contribution in [3.05, 3.63) is 11.4 Å². The predicted molar refractivity (Wildman–Crippen MR) is 81.0 cm³/mol. The first-order valence-electron chi connectivity index (χ1n) is 6.83. The Labute approximate surface area is 121 Å². The van der Waals surface area contributed by atoms with Gasteiger partial charge in [0.15, 0.2) is 0 Å². The minimum absolute atomic E-state index is 0.395. The molecule has 3 heterocycles. The Morgan fingerprint density at radius 2 is 2.40 bits per heavy atom. The van der Waals surface area contributed by atoms with Crippen molar-refractivity contribution in [1.29, 1.82) is 0 Å². The second-order valence-electron chi connectivity index (χ2n) is 5.08. The fourth-order valence-electron chi connectivity index (χ4n) is 2.53. The number of nitrogens with two attached hydrogens (primary N) is 1. The van der Waals surface area contributed by atoms with E-state index in [1.807, 2.05) is 11.4 Å². The molecule has 1 saturated heterocycles. The zero-order valence-electron chi connectivity index (χ0n) is 11.5. The van der Waals surface area contributed by atoms with E-state index in [2.05, 4.69) is 27.3 Å². The Morgan fingerprint density at radius 1 is 1.50 bits per heavy atom. The summed E-state index contributed by atoms with van der Waals surface area (Å²) >= 11 is 1.56. The number of rotatable bonds is 4. The number of likely N-dealkylation sites (tertiary alicyclic amines) is 1. The number of hydrogen-bond donors (Lipinski definition) is 2. The molecule has 3 N–H and O–H groups in total. The van der Waals surface area contributed by atoms with Crippen LogP contribution in [0.2, 0.25) is 0 Å². The van der Waals surface area contributed by atoms with E-state index in [1.54, 1.807) is 11.3 Å². The lowest BCUT2D eigenvalue weighted by molar-refractivity contribution is 0.123. The molecule has 0 saturated carbocycles. The molecule has 0 radical (unpaired) electrons. The van der Waals surface area contributed by atoms with Crippen molar-refractivity contribution < 1.29 is 4.74 Å². The zero-order chi connectivity index (χ0) is 13.9. The molecule has 108 valence electrons. The number of ether oxygens (including phenoxy) is 1. The Bertz CT molecular complexity index is 587. The highest BCUT2D eigenvalue weighted by Crippen LogP contribution is 2.28. The largest absolute Gasteiger partial charge is 0.475 e. The van der Waals surface area contributed by atoms with E-state index in [1.165, 1.54) is 19.3 Å². The van der Waals surface area contributed by atoms with Crippen LogP contribution in [0.4, 0.5) is 5.95 Å². The number of aromatic nitrogens is 2. The van der Waals surface area contributed by atoms with E-state index >= 15 is 0 Å². The number of nitrogen functional groups attached to an aromatic ring is 1. The van der Waals surface area contributed by atoms with Crippen LogP contribution in [0.5, 0.6) is 5.88 Å². The average molecular weight is 293 g/mol. The molecule has 7 heteroatoms. The molecule has 2 aromatic heterocycles. The monoisotopic (exact) mass is 293 g/mol. The van der Waals surface area contributed by atoms with Gasteiger partial charge >= 0.3 is 0 Å². The van der Waals surface area contributed by atoms with Crippen LogP contribution < -0.4 is 16.0 Å². The number of piperidine rings is 1. The third kappa shape index (κ3) is 2.70. The fourth-order valence-corrected chi connectivity index (χ4v) is 3.29. The van der Waals surface area contributed by atoms with Crippen LogP contribution in [0.25, 0.3) is 10.2 Å². The van der Waals surface area contributed by atoms with Gasteiger partial charge in [0.05, 0.1) is 5.39 Å². The number of hydrazine groups is 1. The molecule has 0 amide bonds. The molecule has 0 bridgehead atoms.